The summed E-state index contributed by atoms with van der Waals surface area (Å²) in [6, 6.07) is 5.46. The van der Waals surface area contributed by atoms with Gasteiger partial charge in [0.15, 0.2) is 5.78 Å². The normalized spacial score (nSPS) is 10.6. The Bertz CT molecular complexity index is 698. The highest BCUT2D eigenvalue weighted by molar-refractivity contribution is 6.42. The van der Waals surface area contributed by atoms with Gasteiger partial charge in [0, 0.05) is 12.6 Å². The van der Waals surface area contributed by atoms with Gasteiger partial charge in [-0.3, -0.25) is 9.59 Å². The Balaban J connectivity index is 1.82. The van der Waals surface area contributed by atoms with Gasteiger partial charge in [-0.2, -0.15) is 0 Å². The number of nitrogens with zero attached hydrogens (tertiary/aromatic N) is 2. The van der Waals surface area contributed by atoms with Gasteiger partial charge in [0.25, 0.3) is 5.91 Å². The van der Waals surface area contributed by atoms with E-state index in [1.807, 2.05) is 12.1 Å². The molecule has 0 saturated heterocycles. The molecule has 2 N–H and O–H groups in total. The molecule has 7 heteroatoms. The molecule has 0 aliphatic carbocycles. The number of rotatable bonds is 7. The Kier molecular flexibility index (Phi) is 5.57. The van der Waals surface area contributed by atoms with Crippen molar-refractivity contribution in [1.82, 2.24) is 9.55 Å². The minimum atomic E-state index is -0.609. The number of ketones is 1. The number of nitrogens with two attached hydrogens (primary N) is 1. The number of amides is 1. The molecule has 1 aromatic heterocycles. The second-order valence-corrected chi connectivity index (χ2v) is 5.69. The van der Waals surface area contributed by atoms with Crippen LogP contribution < -0.4 is 5.73 Å². The van der Waals surface area contributed by atoms with Crippen molar-refractivity contribution in [1.29, 1.82) is 0 Å². The van der Waals surface area contributed by atoms with E-state index in [0.29, 0.717) is 29.3 Å². The minimum Gasteiger partial charge on any atom is -0.364 e. The van der Waals surface area contributed by atoms with Gasteiger partial charge in [-0.1, -0.05) is 35.3 Å². The van der Waals surface area contributed by atoms with E-state index in [2.05, 4.69) is 4.98 Å². The van der Waals surface area contributed by atoms with Gasteiger partial charge in [-0.05, 0) is 24.5 Å². The number of halogens is 2. The van der Waals surface area contributed by atoms with Crippen molar-refractivity contribution in [2.75, 3.05) is 0 Å². The lowest BCUT2D eigenvalue weighted by atomic mass is 10.1. The molecule has 0 aliphatic heterocycles. The fraction of sp³-hybridized carbons (Fsp3) is 0.267. The Hall–Kier alpha value is -1.85. The average molecular weight is 340 g/mol. The lowest BCUT2D eigenvalue weighted by Crippen LogP contribution is -2.12. The molecule has 2 aromatic rings. The highest BCUT2D eigenvalue weighted by atomic mass is 35.5. The first-order valence-corrected chi connectivity index (χ1v) is 7.49. The van der Waals surface area contributed by atoms with Crippen molar-refractivity contribution < 1.29 is 9.59 Å². The van der Waals surface area contributed by atoms with E-state index in [1.54, 1.807) is 10.6 Å². The Labute approximate surface area is 138 Å². The topological polar surface area (TPSA) is 78.0 Å². The summed E-state index contributed by atoms with van der Waals surface area (Å²) in [4.78, 5) is 26.7. The summed E-state index contributed by atoms with van der Waals surface area (Å²) in [6.07, 6.45) is 4.66. The highest BCUT2D eigenvalue weighted by Gasteiger charge is 2.09. The van der Waals surface area contributed by atoms with Crippen molar-refractivity contribution >= 4 is 34.9 Å². The van der Waals surface area contributed by atoms with Crippen LogP contribution in [0.1, 0.15) is 28.9 Å². The largest absolute Gasteiger partial charge is 0.364 e. The Morgan fingerprint density at radius 2 is 2.05 bits per heavy atom. The standard InChI is InChI=1S/C15H15Cl2N3O2/c16-12-6-2-4-10(14(12)17)3-1-5-11(21)7-20-8-13(15(18)22)19-9-20/h2,4,6,8-9H,1,3,5,7H2,(H2,18,22). The quantitative estimate of drug-likeness (QED) is 0.842. The summed E-state index contributed by atoms with van der Waals surface area (Å²) in [5, 5.41) is 1.06. The fourth-order valence-electron chi connectivity index (χ4n) is 2.07. The number of carbonyl (C=O) groups is 2. The number of aromatic nitrogens is 2. The molecule has 22 heavy (non-hydrogen) atoms. The summed E-state index contributed by atoms with van der Waals surface area (Å²) in [5.41, 5.74) is 6.19. The minimum absolute atomic E-state index is 0.0478. The average Bonchev–Trinajstić information content (AvgIpc) is 2.92. The van der Waals surface area contributed by atoms with Crippen LogP contribution in [0.2, 0.25) is 10.0 Å². The van der Waals surface area contributed by atoms with E-state index in [-0.39, 0.29) is 18.0 Å². The molecule has 0 bridgehead atoms. The first-order chi connectivity index (χ1) is 10.5. The number of carbonyl (C=O) groups excluding carboxylic acids is 2. The Morgan fingerprint density at radius 3 is 2.73 bits per heavy atom. The third kappa shape index (κ3) is 4.32. The monoisotopic (exact) mass is 339 g/mol. The van der Waals surface area contributed by atoms with Crippen molar-refractivity contribution in [3.63, 3.8) is 0 Å². The lowest BCUT2D eigenvalue weighted by molar-refractivity contribution is -0.119. The van der Waals surface area contributed by atoms with Crippen LogP contribution in [0.4, 0.5) is 0 Å². The molecule has 0 saturated carbocycles. The van der Waals surface area contributed by atoms with Crippen molar-refractivity contribution in [2.45, 2.75) is 25.8 Å². The lowest BCUT2D eigenvalue weighted by Gasteiger charge is -2.05. The second-order valence-electron chi connectivity index (χ2n) is 4.90. The van der Waals surface area contributed by atoms with Gasteiger partial charge in [0.2, 0.25) is 0 Å². The molecule has 0 radical (unpaired) electrons. The molecule has 2 rings (SSSR count). The number of aryl methyl sites for hydroxylation is 1. The highest BCUT2D eigenvalue weighted by Crippen LogP contribution is 2.26. The van der Waals surface area contributed by atoms with Crippen molar-refractivity contribution in [2.24, 2.45) is 5.73 Å². The third-order valence-corrected chi connectivity index (χ3v) is 4.04. The first-order valence-electron chi connectivity index (χ1n) is 6.73. The molecular weight excluding hydrogens is 325 g/mol. The SMILES string of the molecule is NC(=O)c1cn(CC(=O)CCCc2cccc(Cl)c2Cl)cn1. The summed E-state index contributed by atoms with van der Waals surface area (Å²) >= 11 is 12.0. The van der Waals surface area contributed by atoms with Gasteiger partial charge in [0.05, 0.1) is 22.9 Å². The maximum absolute atomic E-state index is 11.9. The summed E-state index contributed by atoms with van der Waals surface area (Å²) < 4.78 is 1.55. The zero-order chi connectivity index (χ0) is 16.1. The number of benzene rings is 1. The van der Waals surface area contributed by atoms with Crippen molar-refractivity contribution in [3.8, 4) is 0 Å². The third-order valence-electron chi connectivity index (χ3n) is 3.18. The number of Topliss-reactive ketones (excluding diaryl/α,β-unsaturated/α-hetero) is 1. The smallest absolute Gasteiger partial charge is 0.268 e. The molecule has 0 fully saturated rings. The molecule has 0 spiro atoms. The number of imidazole rings is 1. The van der Waals surface area contributed by atoms with Crippen LogP contribution in [-0.2, 0) is 17.8 Å². The number of primary amides is 1. The van der Waals surface area contributed by atoms with E-state index in [9.17, 15) is 9.59 Å². The molecular formula is C15H15Cl2N3O2. The van der Waals surface area contributed by atoms with Gasteiger partial charge < -0.3 is 10.3 Å². The molecule has 1 amide bonds. The van der Waals surface area contributed by atoms with Crippen LogP contribution in [0.25, 0.3) is 0 Å². The molecule has 5 nitrogen and oxygen atoms in total. The molecule has 1 heterocycles. The van der Waals surface area contributed by atoms with Crippen molar-refractivity contribution in [3.05, 3.63) is 52.0 Å². The van der Waals surface area contributed by atoms with Crippen LogP contribution in [0, 0.1) is 0 Å². The number of hydrogen-bond donors (Lipinski definition) is 1. The van der Waals surface area contributed by atoms with E-state index < -0.39 is 5.91 Å². The zero-order valence-electron chi connectivity index (χ0n) is 11.8. The maximum Gasteiger partial charge on any atom is 0.268 e. The van der Waals surface area contributed by atoms with Crippen LogP contribution in [0.5, 0.6) is 0 Å². The molecule has 116 valence electrons. The predicted molar refractivity (Wildman–Crippen MR) is 85.2 cm³/mol. The molecule has 0 aliphatic rings. The summed E-state index contributed by atoms with van der Waals surface area (Å²) in [6.45, 7) is 0.170. The van der Waals surface area contributed by atoms with Gasteiger partial charge in [0.1, 0.15) is 5.69 Å². The Morgan fingerprint density at radius 1 is 1.27 bits per heavy atom. The van der Waals surface area contributed by atoms with E-state index in [0.717, 1.165) is 5.56 Å². The maximum atomic E-state index is 11.9. The van der Waals surface area contributed by atoms with E-state index in [1.165, 1.54) is 12.5 Å². The van der Waals surface area contributed by atoms with Gasteiger partial charge >= 0.3 is 0 Å². The van der Waals surface area contributed by atoms with E-state index in [4.69, 9.17) is 28.9 Å². The zero-order valence-corrected chi connectivity index (χ0v) is 13.3. The summed E-state index contributed by atoms with van der Waals surface area (Å²) in [5.74, 6) is -0.562. The second kappa shape index (κ2) is 7.42. The van der Waals surface area contributed by atoms with Crippen LogP contribution in [-0.4, -0.2) is 21.2 Å². The fourth-order valence-corrected chi connectivity index (χ4v) is 2.49. The van der Waals surface area contributed by atoms with Gasteiger partial charge in [-0.15, -0.1) is 0 Å². The molecule has 0 atom stereocenters. The first kappa shape index (κ1) is 16.5. The van der Waals surface area contributed by atoms with Crippen LogP contribution in [0.3, 0.4) is 0 Å². The molecule has 1 aromatic carbocycles. The van der Waals surface area contributed by atoms with Gasteiger partial charge in [-0.25, -0.2) is 4.98 Å². The predicted octanol–water partition coefficient (Wildman–Crippen LogP) is 2.88. The van der Waals surface area contributed by atoms with Crippen LogP contribution in [0.15, 0.2) is 30.7 Å². The van der Waals surface area contributed by atoms with Crippen LogP contribution >= 0.6 is 23.2 Å². The molecule has 0 unspecified atom stereocenters. The summed E-state index contributed by atoms with van der Waals surface area (Å²) in [7, 11) is 0. The van der Waals surface area contributed by atoms with E-state index >= 15 is 0 Å². The number of hydrogen-bond acceptors (Lipinski definition) is 3.